The number of rotatable bonds is 9. The molecule has 0 saturated carbocycles. The zero-order chi connectivity index (χ0) is 21.4. The molecular weight excluding hydrogens is 396 g/mol. The van der Waals surface area contributed by atoms with Crippen LogP contribution in [0.1, 0.15) is 39.2 Å². The first kappa shape index (κ1) is 23.7. The number of hydrogen-bond acceptors (Lipinski definition) is 8. The SMILES string of the molecule is CCCCO[C@@H]1C(O)[C@@H](Sc2ccc(C)cc2)OC(COC(C)=O)[C@H]1OC(C)=O. The summed E-state index contributed by atoms with van der Waals surface area (Å²) < 4.78 is 22.5. The van der Waals surface area contributed by atoms with Crippen LogP contribution in [0.3, 0.4) is 0 Å². The normalized spacial score (nSPS) is 26.7. The first-order chi connectivity index (χ1) is 13.8. The minimum absolute atomic E-state index is 0.0986. The fourth-order valence-electron chi connectivity index (χ4n) is 2.96. The van der Waals surface area contributed by atoms with Crippen LogP contribution in [-0.4, -0.2) is 60.1 Å². The van der Waals surface area contributed by atoms with Crippen LogP contribution in [0.25, 0.3) is 0 Å². The maximum atomic E-state index is 11.7. The van der Waals surface area contributed by atoms with Gasteiger partial charge in [0.05, 0.1) is 0 Å². The van der Waals surface area contributed by atoms with Gasteiger partial charge >= 0.3 is 11.9 Å². The van der Waals surface area contributed by atoms with Gasteiger partial charge in [0.1, 0.15) is 30.4 Å². The van der Waals surface area contributed by atoms with Crippen LogP contribution in [0.2, 0.25) is 0 Å². The minimum Gasteiger partial charge on any atom is -0.463 e. The van der Waals surface area contributed by atoms with Crippen molar-refractivity contribution in [1.82, 2.24) is 0 Å². The van der Waals surface area contributed by atoms with Crippen molar-refractivity contribution in [2.45, 2.75) is 75.3 Å². The highest BCUT2D eigenvalue weighted by Gasteiger charge is 2.48. The van der Waals surface area contributed by atoms with Crippen molar-refractivity contribution in [3.8, 4) is 0 Å². The molecule has 5 atom stereocenters. The topological polar surface area (TPSA) is 91.3 Å². The van der Waals surface area contributed by atoms with Crippen molar-refractivity contribution < 1.29 is 33.6 Å². The number of unbranched alkanes of at least 4 members (excludes halogenated alkanes) is 1. The molecule has 29 heavy (non-hydrogen) atoms. The predicted molar refractivity (Wildman–Crippen MR) is 109 cm³/mol. The highest BCUT2D eigenvalue weighted by Crippen LogP contribution is 2.36. The Balaban J connectivity index is 2.23. The second-order valence-electron chi connectivity index (χ2n) is 7.03. The number of hydrogen-bond donors (Lipinski definition) is 1. The van der Waals surface area contributed by atoms with Gasteiger partial charge in [0.2, 0.25) is 0 Å². The molecule has 0 bridgehead atoms. The van der Waals surface area contributed by atoms with Crippen molar-refractivity contribution in [3.63, 3.8) is 0 Å². The number of aliphatic hydroxyl groups excluding tert-OH is 1. The summed E-state index contributed by atoms with van der Waals surface area (Å²) in [5.74, 6) is -0.986. The maximum absolute atomic E-state index is 11.7. The molecule has 1 aromatic rings. The average Bonchev–Trinajstić information content (AvgIpc) is 2.66. The Morgan fingerprint density at radius 1 is 1.14 bits per heavy atom. The molecule has 1 N–H and O–H groups in total. The summed E-state index contributed by atoms with van der Waals surface area (Å²) in [7, 11) is 0. The zero-order valence-corrected chi connectivity index (χ0v) is 18.1. The summed E-state index contributed by atoms with van der Waals surface area (Å²) in [6.07, 6.45) is -1.72. The van der Waals surface area contributed by atoms with E-state index in [0.29, 0.717) is 6.61 Å². The van der Waals surface area contributed by atoms with Crippen LogP contribution in [0.4, 0.5) is 0 Å². The summed E-state index contributed by atoms with van der Waals surface area (Å²) in [5, 5.41) is 11.0. The zero-order valence-electron chi connectivity index (χ0n) is 17.3. The van der Waals surface area contributed by atoms with Gasteiger partial charge in [-0.05, 0) is 25.5 Å². The number of benzene rings is 1. The lowest BCUT2D eigenvalue weighted by atomic mass is 9.99. The molecule has 1 saturated heterocycles. The maximum Gasteiger partial charge on any atom is 0.303 e. The Morgan fingerprint density at radius 2 is 1.83 bits per heavy atom. The Morgan fingerprint density at radius 3 is 2.41 bits per heavy atom. The highest BCUT2D eigenvalue weighted by atomic mass is 32.2. The molecule has 1 fully saturated rings. The van der Waals surface area contributed by atoms with Gasteiger partial charge in [-0.25, -0.2) is 0 Å². The Bertz CT molecular complexity index is 663. The van der Waals surface area contributed by atoms with E-state index in [-0.39, 0.29) is 6.61 Å². The molecule has 0 radical (unpaired) electrons. The number of carbonyl (C=O) groups is 2. The second-order valence-corrected chi connectivity index (χ2v) is 8.20. The fraction of sp³-hybridized carbons (Fsp3) is 0.619. The van der Waals surface area contributed by atoms with E-state index in [4.69, 9.17) is 18.9 Å². The lowest BCUT2D eigenvalue weighted by Gasteiger charge is -2.43. The quantitative estimate of drug-likeness (QED) is 0.476. The van der Waals surface area contributed by atoms with E-state index in [9.17, 15) is 14.7 Å². The molecule has 0 spiro atoms. The third-order valence-corrected chi connectivity index (χ3v) is 5.62. The minimum atomic E-state index is -1.03. The van der Waals surface area contributed by atoms with Gasteiger partial charge in [0, 0.05) is 25.3 Å². The molecule has 2 unspecified atom stereocenters. The molecule has 7 nitrogen and oxygen atoms in total. The highest BCUT2D eigenvalue weighted by molar-refractivity contribution is 7.99. The summed E-state index contributed by atoms with van der Waals surface area (Å²) in [4.78, 5) is 23.9. The summed E-state index contributed by atoms with van der Waals surface area (Å²) in [6, 6.07) is 7.85. The molecular formula is C21H30O7S. The van der Waals surface area contributed by atoms with Crippen molar-refractivity contribution in [2.75, 3.05) is 13.2 Å². The van der Waals surface area contributed by atoms with Crippen LogP contribution < -0.4 is 0 Å². The molecule has 1 aliphatic rings. The number of aryl methyl sites for hydroxylation is 1. The van der Waals surface area contributed by atoms with E-state index in [1.165, 1.54) is 25.6 Å². The van der Waals surface area contributed by atoms with Crippen LogP contribution in [0.15, 0.2) is 29.2 Å². The van der Waals surface area contributed by atoms with Crippen molar-refractivity contribution >= 4 is 23.7 Å². The number of aliphatic hydroxyl groups is 1. The van der Waals surface area contributed by atoms with E-state index in [1.807, 2.05) is 38.1 Å². The van der Waals surface area contributed by atoms with Gasteiger partial charge in [0.25, 0.3) is 0 Å². The van der Waals surface area contributed by atoms with E-state index in [2.05, 4.69) is 0 Å². The molecule has 0 aliphatic carbocycles. The molecule has 0 aromatic heterocycles. The third-order valence-electron chi connectivity index (χ3n) is 4.45. The van der Waals surface area contributed by atoms with Crippen LogP contribution in [0.5, 0.6) is 0 Å². The number of ether oxygens (including phenoxy) is 4. The first-order valence-corrected chi connectivity index (χ1v) is 10.7. The molecule has 1 aliphatic heterocycles. The van der Waals surface area contributed by atoms with E-state index in [0.717, 1.165) is 23.3 Å². The third kappa shape index (κ3) is 7.29. The van der Waals surface area contributed by atoms with E-state index >= 15 is 0 Å². The van der Waals surface area contributed by atoms with E-state index in [1.54, 1.807) is 0 Å². The van der Waals surface area contributed by atoms with E-state index < -0.39 is 41.8 Å². The van der Waals surface area contributed by atoms with Gasteiger partial charge in [0.15, 0.2) is 6.10 Å². The van der Waals surface area contributed by atoms with Crippen LogP contribution >= 0.6 is 11.8 Å². The smallest absolute Gasteiger partial charge is 0.303 e. The van der Waals surface area contributed by atoms with Gasteiger partial charge in [-0.15, -0.1) is 0 Å². The average molecular weight is 427 g/mol. The molecule has 1 aromatic carbocycles. The predicted octanol–water partition coefficient (Wildman–Crippen LogP) is 2.85. The molecule has 8 heteroatoms. The Hall–Kier alpha value is -1.61. The van der Waals surface area contributed by atoms with Crippen molar-refractivity contribution in [1.29, 1.82) is 0 Å². The standard InChI is InChI=1S/C21H30O7S/c1-5-6-11-25-20-18(24)21(29-16-9-7-13(2)8-10-16)28-17(12-26-14(3)22)19(20)27-15(4)23/h7-10,17-21,24H,5-6,11-12H2,1-4H3/t17?,18?,19-,20-,21-/m1/s1. The Labute approximate surface area is 176 Å². The summed E-state index contributed by atoms with van der Waals surface area (Å²) in [6.45, 7) is 6.93. The van der Waals surface area contributed by atoms with Gasteiger partial charge in [-0.2, -0.15) is 0 Å². The van der Waals surface area contributed by atoms with Gasteiger partial charge in [-0.1, -0.05) is 42.8 Å². The van der Waals surface area contributed by atoms with Gasteiger partial charge < -0.3 is 24.1 Å². The molecule has 1 heterocycles. The van der Waals surface area contributed by atoms with Crippen LogP contribution in [-0.2, 0) is 28.5 Å². The van der Waals surface area contributed by atoms with Gasteiger partial charge in [-0.3, -0.25) is 9.59 Å². The largest absolute Gasteiger partial charge is 0.463 e. The van der Waals surface area contributed by atoms with Crippen LogP contribution in [0, 0.1) is 6.92 Å². The summed E-state index contributed by atoms with van der Waals surface area (Å²) in [5.41, 5.74) is 0.458. The molecule has 0 amide bonds. The Kier molecular flexibility index (Phi) is 9.42. The lowest BCUT2D eigenvalue weighted by molar-refractivity contribution is -0.233. The number of esters is 2. The number of thioether (sulfide) groups is 1. The number of carbonyl (C=O) groups excluding carboxylic acids is 2. The first-order valence-electron chi connectivity index (χ1n) is 9.80. The monoisotopic (exact) mass is 426 g/mol. The summed E-state index contributed by atoms with van der Waals surface area (Å²) >= 11 is 1.35. The lowest BCUT2D eigenvalue weighted by Crippen LogP contribution is -2.60. The molecule has 162 valence electrons. The van der Waals surface area contributed by atoms with Crippen molar-refractivity contribution in [3.05, 3.63) is 29.8 Å². The second kappa shape index (κ2) is 11.5. The fourth-order valence-corrected chi connectivity index (χ4v) is 4.02. The molecule has 2 rings (SSSR count). The van der Waals surface area contributed by atoms with Crippen molar-refractivity contribution in [2.24, 2.45) is 0 Å².